The number of hydrogen-bond donors (Lipinski definition) is 2. The Kier molecular flexibility index (Phi) is 5.51. The first kappa shape index (κ1) is 23.5. The lowest BCUT2D eigenvalue weighted by atomic mass is 9.93. The number of benzene rings is 1. The van der Waals surface area contributed by atoms with Gasteiger partial charge in [0.15, 0.2) is 5.82 Å². The molecule has 5 aliphatic heterocycles. The minimum Gasteiger partial charge on any atom is -0.508 e. The molecule has 5 fully saturated rings. The van der Waals surface area contributed by atoms with Crippen LogP contribution in [0.5, 0.6) is 11.8 Å². The summed E-state index contributed by atoms with van der Waals surface area (Å²) >= 11 is 0. The van der Waals surface area contributed by atoms with Crippen molar-refractivity contribution in [2.45, 2.75) is 62.3 Å². The Hall–Kier alpha value is -3.25. The Morgan fingerprint density at radius 2 is 1.98 bits per heavy atom. The summed E-state index contributed by atoms with van der Waals surface area (Å²) in [6, 6.07) is 2.21. The monoisotopic (exact) mass is 560 g/mol. The van der Waals surface area contributed by atoms with E-state index in [1.54, 1.807) is 0 Å². The standard InChI is InChI=1S/C28H30F4N6O2/c29-22-23(19-11-18(39)5-6-21(19)28(30,31)32)34-13-20-24(22)35-26(40-15-27-7-1-9-37(27)10-2-8-27)36-25(20)38-14-16-3-4-17(38)12-33-16/h5-6,11,13,16-17,33,39H,1-4,7-10,12,14-15H2/i15D2. The zero-order valence-electron chi connectivity index (χ0n) is 23.6. The number of ether oxygens (including phenoxy) is 1. The average Bonchev–Trinajstić information content (AvgIpc) is 3.56. The van der Waals surface area contributed by atoms with Crippen LogP contribution >= 0.6 is 0 Å². The fourth-order valence-electron chi connectivity index (χ4n) is 6.83. The van der Waals surface area contributed by atoms with E-state index in [0.717, 1.165) is 50.9 Å². The zero-order valence-corrected chi connectivity index (χ0v) is 21.6. The third kappa shape index (κ3) is 4.23. The maximum atomic E-state index is 16.3. The molecule has 5 aliphatic rings. The van der Waals surface area contributed by atoms with Gasteiger partial charge in [0, 0.05) is 36.9 Å². The number of aromatic hydroxyl groups is 1. The maximum Gasteiger partial charge on any atom is 0.417 e. The summed E-state index contributed by atoms with van der Waals surface area (Å²) in [5.74, 6) is -1.31. The largest absolute Gasteiger partial charge is 0.508 e. The summed E-state index contributed by atoms with van der Waals surface area (Å²) in [7, 11) is 0. The zero-order chi connectivity index (χ0) is 29.4. The van der Waals surface area contributed by atoms with Gasteiger partial charge in [0.25, 0.3) is 0 Å². The van der Waals surface area contributed by atoms with Gasteiger partial charge in [-0.25, -0.2) is 4.39 Å². The van der Waals surface area contributed by atoms with Gasteiger partial charge in [0.1, 0.15) is 29.3 Å². The van der Waals surface area contributed by atoms with E-state index >= 15 is 4.39 Å². The number of aromatic nitrogens is 3. The van der Waals surface area contributed by atoms with Gasteiger partial charge in [0.05, 0.1) is 19.2 Å². The smallest absolute Gasteiger partial charge is 0.417 e. The molecule has 8 nitrogen and oxygen atoms in total. The number of halogens is 4. The number of anilines is 1. The second-order valence-corrected chi connectivity index (χ2v) is 11.2. The van der Waals surface area contributed by atoms with Crippen molar-refractivity contribution in [1.29, 1.82) is 0 Å². The molecular formula is C28H30F4N6O2. The fourth-order valence-corrected chi connectivity index (χ4v) is 6.83. The molecule has 2 atom stereocenters. The number of pyridine rings is 1. The van der Waals surface area contributed by atoms with Crippen LogP contribution in [0.1, 0.15) is 46.8 Å². The van der Waals surface area contributed by atoms with Gasteiger partial charge in [-0.3, -0.25) is 9.88 Å². The van der Waals surface area contributed by atoms with Crippen LogP contribution in [0.2, 0.25) is 0 Å². The number of hydrogen-bond acceptors (Lipinski definition) is 8. The first-order valence-electron chi connectivity index (χ1n) is 14.7. The summed E-state index contributed by atoms with van der Waals surface area (Å²) in [5.41, 5.74) is -3.61. The summed E-state index contributed by atoms with van der Waals surface area (Å²) in [6.45, 7) is 0.554. The average molecular weight is 561 g/mol. The fraction of sp³-hybridized carbons (Fsp3) is 0.536. The first-order chi connectivity index (χ1) is 20.0. The lowest BCUT2D eigenvalue weighted by Crippen LogP contribution is -2.61. The Morgan fingerprint density at radius 3 is 2.65 bits per heavy atom. The molecule has 12 heteroatoms. The SMILES string of the molecule is [2H]C([2H])(Oc1nc(N2CC3CCC2CN3)c2cnc(-c3cc(O)ccc3C(F)(F)F)c(F)c2n1)C12CCCN1CCC2. The van der Waals surface area contributed by atoms with Crippen LogP contribution in [-0.4, -0.2) is 75.3 Å². The predicted octanol–water partition coefficient (Wildman–Crippen LogP) is 4.50. The Balaban J connectivity index is 1.39. The molecule has 0 radical (unpaired) electrons. The molecule has 2 unspecified atom stereocenters. The van der Waals surface area contributed by atoms with Gasteiger partial charge in [-0.2, -0.15) is 23.1 Å². The molecule has 0 saturated carbocycles. The minimum absolute atomic E-state index is 0.0297. The third-order valence-corrected chi connectivity index (χ3v) is 8.80. The minimum atomic E-state index is -4.83. The summed E-state index contributed by atoms with van der Waals surface area (Å²) in [6.07, 6.45) is 1.09. The molecule has 2 aromatic heterocycles. The highest BCUT2D eigenvalue weighted by Gasteiger charge is 2.45. The Morgan fingerprint density at radius 1 is 1.18 bits per heavy atom. The number of phenolic OH excluding ortho intramolecular Hbond substituents is 1. The molecule has 5 saturated heterocycles. The molecule has 0 amide bonds. The third-order valence-electron chi connectivity index (χ3n) is 8.80. The number of phenols is 1. The molecule has 2 N–H and O–H groups in total. The molecule has 0 aliphatic carbocycles. The van der Waals surface area contributed by atoms with Crippen molar-refractivity contribution in [2.24, 2.45) is 0 Å². The number of piperazine rings is 1. The molecule has 0 spiro atoms. The second kappa shape index (κ2) is 9.41. The molecular weight excluding hydrogens is 528 g/mol. The van der Waals surface area contributed by atoms with E-state index < -0.39 is 46.7 Å². The van der Waals surface area contributed by atoms with Gasteiger partial charge in [-0.05, 0) is 69.8 Å². The van der Waals surface area contributed by atoms with Crippen LogP contribution in [0.25, 0.3) is 22.2 Å². The van der Waals surface area contributed by atoms with E-state index in [2.05, 4.69) is 25.2 Å². The summed E-state index contributed by atoms with van der Waals surface area (Å²) < 4.78 is 81.8. The summed E-state index contributed by atoms with van der Waals surface area (Å²) in [5, 5.41) is 13.6. The first-order valence-corrected chi connectivity index (χ1v) is 13.7. The lowest BCUT2D eigenvalue weighted by molar-refractivity contribution is -0.137. The van der Waals surface area contributed by atoms with Gasteiger partial charge >= 0.3 is 12.2 Å². The maximum absolute atomic E-state index is 16.3. The van der Waals surface area contributed by atoms with Crippen LogP contribution in [0.3, 0.4) is 0 Å². The van der Waals surface area contributed by atoms with Crippen LogP contribution < -0.4 is 15.0 Å². The number of rotatable bonds is 5. The van der Waals surface area contributed by atoms with Crippen LogP contribution in [0, 0.1) is 5.82 Å². The van der Waals surface area contributed by atoms with Gasteiger partial charge < -0.3 is 20.1 Å². The molecule has 1 aromatic carbocycles. The normalized spacial score (nSPS) is 25.2. The van der Waals surface area contributed by atoms with Gasteiger partial charge in [-0.1, -0.05) is 0 Å². The molecule has 7 heterocycles. The molecule has 40 heavy (non-hydrogen) atoms. The van der Waals surface area contributed by atoms with Crippen molar-refractivity contribution in [3.63, 3.8) is 0 Å². The van der Waals surface area contributed by atoms with Crippen molar-refractivity contribution < 1.29 is 30.1 Å². The quantitative estimate of drug-likeness (QED) is 0.442. The van der Waals surface area contributed by atoms with E-state index in [4.69, 9.17) is 7.48 Å². The van der Waals surface area contributed by atoms with Crippen molar-refractivity contribution in [3.05, 3.63) is 35.8 Å². The van der Waals surface area contributed by atoms with Crippen molar-refractivity contribution in [2.75, 3.05) is 37.6 Å². The number of piperidine rings is 2. The molecule has 3 aromatic rings. The predicted molar refractivity (Wildman–Crippen MR) is 140 cm³/mol. The number of nitrogens with zero attached hydrogens (tertiary/aromatic N) is 5. The lowest BCUT2D eigenvalue weighted by Gasteiger charge is -2.46. The highest BCUT2D eigenvalue weighted by atomic mass is 19.4. The van der Waals surface area contributed by atoms with Crippen LogP contribution in [-0.2, 0) is 6.18 Å². The van der Waals surface area contributed by atoms with Crippen LogP contribution in [0.4, 0.5) is 23.4 Å². The number of alkyl halides is 3. The Labute approximate surface area is 231 Å². The van der Waals surface area contributed by atoms with E-state index in [-0.39, 0.29) is 29.0 Å². The second-order valence-electron chi connectivity index (χ2n) is 11.2. The van der Waals surface area contributed by atoms with Crippen molar-refractivity contribution in [3.8, 4) is 23.0 Å². The highest BCUT2D eigenvalue weighted by molar-refractivity contribution is 5.92. The Bertz CT molecular complexity index is 1540. The van der Waals surface area contributed by atoms with E-state index in [9.17, 15) is 18.3 Å². The van der Waals surface area contributed by atoms with Crippen LogP contribution in [0.15, 0.2) is 24.4 Å². The van der Waals surface area contributed by atoms with Crippen molar-refractivity contribution >= 4 is 16.7 Å². The summed E-state index contributed by atoms with van der Waals surface area (Å²) in [4.78, 5) is 17.1. The van der Waals surface area contributed by atoms with Crippen molar-refractivity contribution in [1.82, 2.24) is 25.2 Å². The van der Waals surface area contributed by atoms with E-state index in [1.807, 2.05) is 4.90 Å². The van der Waals surface area contributed by atoms with Gasteiger partial charge in [-0.15, -0.1) is 0 Å². The highest BCUT2D eigenvalue weighted by Crippen LogP contribution is 2.42. The number of fused-ring (bicyclic) bond motifs is 5. The van der Waals surface area contributed by atoms with E-state index in [1.165, 1.54) is 6.20 Å². The molecule has 2 bridgehead atoms. The topological polar surface area (TPSA) is 86.6 Å². The van der Waals surface area contributed by atoms with E-state index in [0.29, 0.717) is 37.8 Å². The number of nitrogens with one attached hydrogen (secondary N) is 1. The van der Waals surface area contributed by atoms with Gasteiger partial charge in [0.2, 0.25) is 0 Å². The molecule has 8 rings (SSSR count). The molecule has 212 valence electrons.